The number of hydrogen-bond donors (Lipinski definition) is 1. The van der Waals surface area contributed by atoms with Crippen LogP contribution in [-0.2, 0) is 9.53 Å². The number of carbonyl (C=O) groups excluding carboxylic acids is 1. The first-order valence-corrected chi connectivity index (χ1v) is 7.99. The molecule has 3 rings (SSSR count). The number of piperidine rings is 1. The molecule has 1 amide bonds. The van der Waals surface area contributed by atoms with Crippen LogP contribution in [0.25, 0.3) is 0 Å². The van der Waals surface area contributed by atoms with Crippen LogP contribution in [0.4, 0.5) is 0 Å². The number of nitrogens with zero attached hydrogens (tertiary/aromatic N) is 2. The Morgan fingerprint density at radius 3 is 2.45 bits per heavy atom. The number of nitrogens with one attached hydrogen (secondary N) is 1. The van der Waals surface area contributed by atoms with E-state index >= 15 is 0 Å². The highest BCUT2D eigenvalue weighted by Gasteiger charge is 2.41. The minimum atomic E-state index is 0.154. The molecule has 0 spiro atoms. The lowest BCUT2D eigenvalue weighted by atomic mass is 9.85. The van der Waals surface area contributed by atoms with Crippen molar-refractivity contribution in [3.8, 4) is 0 Å². The Balaban J connectivity index is 1.63. The summed E-state index contributed by atoms with van der Waals surface area (Å²) in [6, 6.07) is 0. The third-order valence-electron chi connectivity index (χ3n) is 5.14. The molecule has 5 heteroatoms. The molecular weight excluding hydrogens is 254 g/mol. The molecule has 2 heterocycles. The molecule has 0 bridgehead atoms. The Labute approximate surface area is 121 Å². The summed E-state index contributed by atoms with van der Waals surface area (Å²) in [5, 5.41) is 3.23. The van der Waals surface area contributed by atoms with Crippen LogP contribution in [-0.4, -0.2) is 74.2 Å². The summed E-state index contributed by atoms with van der Waals surface area (Å²) in [6.07, 6.45) is 4.46. The van der Waals surface area contributed by atoms with Crippen LogP contribution >= 0.6 is 0 Å². The fourth-order valence-corrected chi connectivity index (χ4v) is 3.42. The number of rotatable bonds is 4. The third kappa shape index (κ3) is 3.15. The highest BCUT2D eigenvalue weighted by molar-refractivity contribution is 5.80. The van der Waals surface area contributed by atoms with Crippen LogP contribution in [0.1, 0.15) is 25.7 Å². The lowest BCUT2D eigenvalue weighted by Gasteiger charge is -2.49. The molecule has 20 heavy (non-hydrogen) atoms. The molecule has 3 aliphatic rings. The van der Waals surface area contributed by atoms with Crippen LogP contribution in [0.5, 0.6) is 0 Å². The SMILES string of the molecule is CN1CCC(CNC(=O)C2CC2)(N2CCOCC2)CC1. The molecule has 1 saturated carbocycles. The molecular formula is C15H27N3O2. The predicted octanol–water partition coefficient (Wildman–Crippen LogP) is 0.309. The van der Waals surface area contributed by atoms with E-state index in [4.69, 9.17) is 4.74 Å². The normalized spacial score (nSPS) is 28.2. The van der Waals surface area contributed by atoms with Crippen molar-refractivity contribution in [2.24, 2.45) is 5.92 Å². The Morgan fingerprint density at radius 1 is 1.20 bits per heavy atom. The van der Waals surface area contributed by atoms with Gasteiger partial charge in [-0.15, -0.1) is 0 Å². The number of amides is 1. The van der Waals surface area contributed by atoms with Gasteiger partial charge in [0, 0.05) is 31.1 Å². The smallest absolute Gasteiger partial charge is 0.223 e. The van der Waals surface area contributed by atoms with Gasteiger partial charge in [-0.1, -0.05) is 0 Å². The summed E-state index contributed by atoms with van der Waals surface area (Å²) >= 11 is 0. The number of hydrogen-bond acceptors (Lipinski definition) is 4. The average molecular weight is 281 g/mol. The number of likely N-dealkylation sites (tertiary alicyclic amines) is 1. The molecule has 1 N–H and O–H groups in total. The van der Waals surface area contributed by atoms with Crippen molar-refractivity contribution in [2.45, 2.75) is 31.2 Å². The van der Waals surface area contributed by atoms with Gasteiger partial charge in [0.15, 0.2) is 0 Å². The van der Waals surface area contributed by atoms with E-state index in [1.54, 1.807) is 0 Å². The highest BCUT2D eigenvalue weighted by Crippen LogP contribution is 2.31. The van der Waals surface area contributed by atoms with Crippen molar-refractivity contribution in [1.82, 2.24) is 15.1 Å². The standard InChI is InChI=1S/C15H27N3O2/c1-17-6-4-15(5-7-17,18-8-10-20-11-9-18)12-16-14(19)13-2-3-13/h13H,2-12H2,1H3,(H,16,19). The molecule has 2 saturated heterocycles. The largest absolute Gasteiger partial charge is 0.379 e. The van der Waals surface area contributed by atoms with E-state index in [1.807, 2.05) is 0 Å². The Bertz CT molecular complexity index is 343. The van der Waals surface area contributed by atoms with Gasteiger partial charge in [0.05, 0.1) is 13.2 Å². The summed E-state index contributed by atoms with van der Waals surface area (Å²) in [4.78, 5) is 16.9. The van der Waals surface area contributed by atoms with Gasteiger partial charge in [-0.25, -0.2) is 0 Å². The quantitative estimate of drug-likeness (QED) is 0.805. The lowest BCUT2D eigenvalue weighted by Crippen LogP contribution is -2.62. The second-order valence-electron chi connectivity index (χ2n) is 6.62. The van der Waals surface area contributed by atoms with Crippen LogP contribution in [0, 0.1) is 5.92 Å². The summed E-state index contributed by atoms with van der Waals surface area (Å²) in [7, 11) is 2.19. The molecule has 0 radical (unpaired) electrons. The summed E-state index contributed by atoms with van der Waals surface area (Å²) < 4.78 is 5.49. The van der Waals surface area contributed by atoms with E-state index in [0.717, 1.165) is 71.6 Å². The topological polar surface area (TPSA) is 44.8 Å². The van der Waals surface area contributed by atoms with Gasteiger partial charge in [-0.3, -0.25) is 9.69 Å². The molecule has 3 fully saturated rings. The minimum Gasteiger partial charge on any atom is -0.379 e. The van der Waals surface area contributed by atoms with Gasteiger partial charge in [0.1, 0.15) is 0 Å². The molecule has 1 aliphatic carbocycles. The van der Waals surface area contributed by atoms with Crippen LogP contribution < -0.4 is 5.32 Å². The second-order valence-corrected chi connectivity index (χ2v) is 6.62. The average Bonchev–Trinajstić information content (AvgIpc) is 3.32. The Morgan fingerprint density at radius 2 is 1.85 bits per heavy atom. The van der Waals surface area contributed by atoms with Gasteiger partial charge < -0.3 is 15.0 Å². The number of morpholine rings is 1. The van der Waals surface area contributed by atoms with Gasteiger partial charge in [0.2, 0.25) is 5.91 Å². The first-order chi connectivity index (χ1) is 9.70. The third-order valence-corrected chi connectivity index (χ3v) is 5.14. The molecule has 5 nitrogen and oxygen atoms in total. The van der Waals surface area contributed by atoms with E-state index in [-0.39, 0.29) is 11.4 Å². The summed E-state index contributed by atoms with van der Waals surface area (Å²) in [6.45, 7) is 6.72. The minimum absolute atomic E-state index is 0.154. The maximum absolute atomic E-state index is 12.0. The van der Waals surface area contributed by atoms with Gasteiger partial charge in [0.25, 0.3) is 0 Å². The first kappa shape index (κ1) is 14.3. The first-order valence-electron chi connectivity index (χ1n) is 7.99. The zero-order chi connectivity index (χ0) is 14.0. The Hall–Kier alpha value is -0.650. The van der Waals surface area contributed by atoms with Crippen LogP contribution in [0.15, 0.2) is 0 Å². The molecule has 0 unspecified atom stereocenters. The van der Waals surface area contributed by atoms with Crippen molar-refractivity contribution < 1.29 is 9.53 Å². The second kappa shape index (κ2) is 6.00. The number of ether oxygens (including phenoxy) is 1. The highest BCUT2D eigenvalue weighted by atomic mass is 16.5. The molecule has 0 aromatic rings. The summed E-state index contributed by atoms with van der Waals surface area (Å²) in [5.41, 5.74) is 0.154. The van der Waals surface area contributed by atoms with Crippen molar-refractivity contribution in [1.29, 1.82) is 0 Å². The van der Waals surface area contributed by atoms with Crippen LogP contribution in [0.2, 0.25) is 0 Å². The van der Waals surface area contributed by atoms with E-state index in [9.17, 15) is 4.79 Å². The monoisotopic (exact) mass is 281 g/mol. The van der Waals surface area contributed by atoms with E-state index < -0.39 is 0 Å². The lowest BCUT2D eigenvalue weighted by molar-refractivity contribution is -0.123. The van der Waals surface area contributed by atoms with Gasteiger partial charge in [-0.05, 0) is 45.8 Å². The van der Waals surface area contributed by atoms with Crippen molar-refractivity contribution >= 4 is 5.91 Å². The maximum atomic E-state index is 12.0. The molecule has 0 aromatic heterocycles. The van der Waals surface area contributed by atoms with E-state index in [0.29, 0.717) is 5.92 Å². The molecule has 0 atom stereocenters. The Kier molecular flexibility index (Phi) is 4.29. The van der Waals surface area contributed by atoms with Crippen molar-refractivity contribution in [2.75, 3.05) is 53.0 Å². The van der Waals surface area contributed by atoms with Gasteiger partial charge >= 0.3 is 0 Å². The summed E-state index contributed by atoms with van der Waals surface area (Å²) in [5.74, 6) is 0.583. The zero-order valence-corrected chi connectivity index (χ0v) is 12.6. The molecule has 2 aliphatic heterocycles. The van der Waals surface area contributed by atoms with Crippen molar-refractivity contribution in [3.63, 3.8) is 0 Å². The maximum Gasteiger partial charge on any atom is 0.223 e. The molecule has 114 valence electrons. The van der Waals surface area contributed by atoms with Crippen LogP contribution in [0.3, 0.4) is 0 Å². The van der Waals surface area contributed by atoms with E-state index in [1.165, 1.54) is 0 Å². The number of carbonyl (C=O) groups is 1. The van der Waals surface area contributed by atoms with Gasteiger partial charge in [-0.2, -0.15) is 0 Å². The predicted molar refractivity (Wildman–Crippen MR) is 77.6 cm³/mol. The fourth-order valence-electron chi connectivity index (χ4n) is 3.42. The fraction of sp³-hybridized carbons (Fsp3) is 0.933. The van der Waals surface area contributed by atoms with E-state index in [2.05, 4.69) is 22.2 Å². The molecule has 0 aromatic carbocycles. The van der Waals surface area contributed by atoms with Crippen molar-refractivity contribution in [3.05, 3.63) is 0 Å². The zero-order valence-electron chi connectivity index (χ0n) is 12.6.